The third-order valence-electron chi connectivity index (χ3n) is 3.54. The van der Waals surface area contributed by atoms with Crippen LogP contribution in [0.1, 0.15) is 5.56 Å². The van der Waals surface area contributed by atoms with Crippen LogP contribution in [0.25, 0.3) is 10.9 Å². The van der Waals surface area contributed by atoms with Crippen LogP contribution in [0, 0.1) is 0 Å². The number of aromatic nitrogens is 5. The molecule has 2 aromatic carbocycles. The van der Waals surface area contributed by atoms with Crippen molar-refractivity contribution >= 4 is 38.5 Å². The van der Waals surface area contributed by atoms with Gasteiger partial charge in [0.05, 0.1) is 12.1 Å². The topological polar surface area (TPSA) is 68.5 Å². The molecule has 118 valence electrons. The Morgan fingerprint density at radius 3 is 2.96 bits per heavy atom. The molecule has 0 aliphatic rings. The maximum Gasteiger partial charge on any atom is 0.227 e. The van der Waals surface area contributed by atoms with E-state index in [-0.39, 0.29) is 0 Å². The highest BCUT2D eigenvalue weighted by atomic mass is 79.9. The number of nitrogens with zero attached hydrogens (tertiary/aromatic N) is 5. The summed E-state index contributed by atoms with van der Waals surface area (Å²) in [6, 6.07) is 14.0. The van der Waals surface area contributed by atoms with Crippen molar-refractivity contribution in [2.24, 2.45) is 0 Å². The first-order valence-electron chi connectivity index (χ1n) is 7.37. The average Bonchev–Trinajstić information content (AvgIpc) is 3.08. The Kier molecular flexibility index (Phi) is 3.92. The Morgan fingerprint density at radius 2 is 2.08 bits per heavy atom. The normalized spacial score (nSPS) is 10.9. The Hall–Kier alpha value is -2.80. The number of fused-ring (bicyclic) bond motifs is 1. The zero-order chi connectivity index (χ0) is 16.4. The first kappa shape index (κ1) is 14.8. The molecule has 0 saturated heterocycles. The molecular weight excluding hydrogens is 368 g/mol. The minimum absolute atomic E-state index is 0.572. The van der Waals surface area contributed by atoms with Crippen molar-refractivity contribution in [1.29, 1.82) is 0 Å². The number of nitrogens with one attached hydrogen (secondary N) is 1. The number of benzene rings is 2. The van der Waals surface area contributed by atoms with Gasteiger partial charge in [-0.05, 0) is 35.9 Å². The number of halogens is 1. The molecule has 0 amide bonds. The van der Waals surface area contributed by atoms with E-state index < -0.39 is 0 Å². The van der Waals surface area contributed by atoms with E-state index in [1.807, 2.05) is 42.6 Å². The molecule has 0 unspecified atom stereocenters. The number of hydrogen-bond donors (Lipinski definition) is 1. The summed E-state index contributed by atoms with van der Waals surface area (Å²) in [5.41, 5.74) is 2.95. The SMILES string of the molecule is Brc1ccc2nc(Nc3cccc(Cn4cncn4)c3)ncc2c1. The molecule has 0 fully saturated rings. The lowest BCUT2D eigenvalue weighted by Gasteiger charge is -2.08. The summed E-state index contributed by atoms with van der Waals surface area (Å²) < 4.78 is 2.80. The molecular formula is C17H13BrN6. The Labute approximate surface area is 146 Å². The van der Waals surface area contributed by atoms with Crippen LogP contribution in [-0.4, -0.2) is 24.7 Å². The highest BCUT2D eigenvalue weighted by molar-refractivity contribution is 9.10. The molecule has 2 aromatic heterocycles. The highest BCUT2D eigenvalue weighted by Gasteiger charge is 2.03. The minimum Gasteiger partial charge on any atom is -0.324 e. The molecule has 4 aromatic rings. The third kappa shape index (κ3) is 3.26. The molecule has 0 bridgehead atoms. The fraction of sp³-hybridized carbons (Fsp3) is 0.0588. The van der Waals surface area contributed by atoms with Crippen LogP contribution in [0.5, 0.6) is 0 Å². The van der Waals surface area contributed by atoms with E-state index in [2.05, 4.69) is 47.4 Å². The van der Waals surface area contributed by atoms with Gasteiger partial charge < -0.3 is 5.32 Å². The van der Waals surface area contributed by atoms with Crippen molar-refractivity contribution in [3.63, 3.8) is 0 Å². The fourth-order valence-electron chi connectivity index (χ4n) is 2.44. The molecule has 0 radical (unpaired) electrons. The first-order chi connectivity index (χ1) is 11.8. The molecule has 6 nitrogen and oxygen atoms in total. The third-order valence-corrected chi connectivity index (χ3v) is 4.03. The van der Waals surface area contributed by atoms with Crippen molar-refractivity contribution in [2.75, 3.05) is 5.32 Å². The summed E-state index contributed by atoms with van der Waals surface area (Å²) in [5.74, 6) is 0.572. The van der Waals surface area contributed by atoms with Gasteiger partial charge in [0.2, 0.25) is 5.95 Å². The molecule has 4 rings (SSSR count). The van der Waals surface area contributed by atoms with E-state index >= 15 is 0 Å². The Balaban J connectivity index is 1.57. The summed E-state index contributed by atoms with van der Waals surface area (Å²) in [4.78, 5) is 12.9. The van der Waals surface area contributed by atoms with Gasteiger partial charge in [0.15, 0.2) is 0 Å². The number of hydrogen-bond acceptors (Lipinski definition) is 5. The van der Waals surface area contributed by atoms with Gasteiger partial charge in [-0.15, -0.1) is 0 Å². The lowest BCUT2D eigenvalue weighted by molar-refractivity contribution is 0.685. The maximum absolute atomic E-state index is 4.55. The van der Waals surface area contributed by atoms with E-state index in [0.717, 1.165) is 26.6 Å². The molecule has 0 aliphatic carbocycles. The van der Waals surface area contributed by atoms with Crippen molar-refractivity contribution in [2.45, 2.75) is 6.54 Å². The van der Waals surface area contributed by atoms with Crippen LogP contribution < -0.4 is 5.32 Å². The molecule has 0 aliphatic heterocycles. The smallest absolute Gasteiger partial charge is 0.227 e. The maximum atomic E-state index is 4.55. The van der Waals surface area contributed by atoms with Gasteiger partial charge in [0.1, 0.15) is 12.7 Å². The van der Waals surface area contributed by atoms with E-state index in [0.29, 0.717) is 12.5 Å². The molecule has 0 atom stereocenters. The molecule has 1 N–H and O–H groups in total. The quantitative estimate of drug-likeness (QED) is 0.583. The number of anilines is 2. The second-order valence-electron chi connectivity index (χ2n) is 5.32. The van der Waals surface area contributed by atoms with Crippen molar-refractivity contribution < 1.29 is 0 Å². The summed E-state index contributed by atoms with van der Waals surface area (Å²) >= 11 is 3.45. The van der Waals surface area contributed by atoms with E-state index in [4.69, 9.17) is 0 Å². The van der Waals surface area contributed by atoms with E-state index in [1.165, 1.54) is 6.33 Å². The monoisotopic (exact) mass is 380 g/mol. The Bertz CT molecular complexity index is 983. The van der Waals surface area contributed by atoms with Crippen molar-refractivity contribution in [3.05, 3.63) is 71.4 Å². The summed E-state index contributed by atoms with van der Waals surface area (Å²) in [6.07, 6.45) is 5.04. The fourth-order valence-corrected chi connectivity index (χ4v) is 2.82. The number of rotatable bonds is 4. The lowest BCUT2D eigenvalue weighted by Crippen LogP contribution is -2.01. The Morgan fingerprint density at radius 1 is 1.12 bits per heavy atom. The van der Waals surface area contributed by atoms with Crippen molar-refractivity contribution in [1.82, 2.24) is 24.7 Å². The van der Waals surface area contributed by atoms with E-state index in [9.17, 15) is 0 Å². The van der Waals surface area contributed by atoms with Crippen LogP contribution in [-0.2, 0) is 6.54 Å². The van der Waals surface area contributed by atoms with Crippen molar-refractivity contribution in [3.8, 4) is 0 Å². The minimum atomic E-state index is 0.572. The predicted molar refractivity (Wildman–Crippen MR) is 96.1 cm³/mol. The summed E-state index contributed by atoms with van der Waals surface area (Å²) in [7, 11) is 0. The molecule has 2 heterocycles. The predicted octanol–water partition coefficient (Wildman–Crippen LogP) is 3.78. The second-order valence-corrected chi connectivity index (χ2v) is 6.23. The van der Waals surface area contributed by atoms with Crippen LogP contribution in [0.3, 0.4) is 0 Å². The molecule has 24 heavy (non-hydrogen) atoms. The summed E-state index contributed by atoms with van der Waals surface area (Å²) in [5, 5.41) is 8.37. The summed E-state index contributed by atoms with van der Waals surface area (Å²) in [6.45, 7) is 0.669. The molecule has 7 heteroatoms. The average molecular weight is 381 g/mol. The first-order valence-corrected chi connectivity index (χ1v) is 8.16. The van der Waals surface area contributed by atoms with Gasteiger partial charge in [-0.3, -0.25) is 0 Å². The van der Waals surface area contributed by atoms with Gasteiger partial charge in [-0.25, -0.2) is 19.6 Å². The van der Waals surface area contributed by atoms with Crippen LogP contribution >= 0.6 is 15.9 Å². The zero-order valence-corrected chi connectivity index (χ0v) is 14.2. The largest absolute Gasteiger partial charge is 0.324 e. The van der Waals surface area contributed by atoms with Gasteiger partial charge >= 0.3 is 0 Å². The zero-order valence-electron chi connectivity index (χ0n) is 12.6. The van der Waals surface area contributed by atoms with Crippen LogP contribution in [0.4, 0.5) is 11.6 Å². The van der Waals surface area contributed by atoms with Crippen LogP contribution in [0.15, 0.2) is 65.8 Å². The van der Waals surface area contributed by atoms with Crippen LogP contribution in [0.2, 0.25) is 0 Å². The van der Waals surface area contributed by atoms with Gasteiger partial charge in [0, 0.05) is 21.7 Å². The molecule has 0 saturated carbocycles. The van der Waals surface area contributed by atoms with E-state index in [1.54, 1.807) is 11.0 Å². The highest BCUT2D eigenvalue weighted by Crippen LogP contribution is 2.20. The van der Waals surface area contributed by atoms with Gasteiger partial charge in [-0.2, -0.15) is 5.10 Å². The standard InChI is InChI=1S/C17H13BrN6/c18-14-4-5-16-13(7-14)8-20-17(23-16)22-15-3-1-2-12(6-15)9-24-11-19-10-21-24/h1-8,10-11H,9H2,(H,20,22,23). The molecule has 0 spiro atoms. The van der Waals surface area contributed by atoms with Gasteiger partial charge in [0.25, 0.3) is 0 Å². The second kappa shape index (κ2) is 6.37. The van der Waals surface area contributed by atoms with Gasteiger partial charge in [-0.1, -0.05) is 28.1 Å². The lowest BCUT2D eigenvalue weighted by atomic mass is 10.2.